The minimum atomic E-state index is 0.0591. The van der Waals surface area contributed by atoms with Gasteiger partial charge in [-0.15, -0.1) is 11.3 Å². The van der Waals surface area contributed by atoms with E-state index in [1.807, 2.05) is 20.0 Å². The molecule has 1 heterocycles. The SMILES string of the molecule is CCC(CC)NC(=O)CNC(C)c1ncc(C)s1. The van der Waals surface area contributed by atoms with Crippen molar-refractivity contribution in [2.45, 2.75) is 52.6 Å². The molecule has 1 aromatic rings. The molecule has 0 bridgehead atoms. The van der Waals surface area contributed by atoms with Crippen LogP contribution in [0.15, 0.2) is 6.20 Å². The van der Waals surface area contributed by atoms with Crippen LogP contribution in [0.1, 0.15) is 49.5 Å². The van der Waals surface area contributed by atoms with Crippen molar-refractivity contribution in [1.82, 2.24) is 15.6 Å². The molecule has 5 heteroatoms. The van der Waals surface area contributed by atoms with Crippen molar-refractivity contribution in [3.63, 3.8) is 0 Å². The van der Waals surface area contributed by atoms with Gasteiger partial charge in [0.15, 0.2) is 0 Å². The second kappa shape index (κ2) is 7.48. The molecule has 0 radical (unpaired) electrons. The third-order valence-corrected chi connectivity index (χ3v) is 4.02. The summed E-state index contributed by atoms with van der Waals surface area (Å²) in [5, 5.41) is 7.24. The van der Waals surface area contributed by atoms with E-state index in [-0.39, 0.29) is 18.0 Å². The van der Waals surface area contributed by atoms with Crippen molar-refractivity contribution in [3.8, 4) is 0 Å². The van der Waals surface area contributed by atoms with Crippen LogP contribution in [0.4, 0.5) is 0 Å². The smallest absolute Gasteiger partial charge is 0.234 e. The molecular formula is C13H23N3OS. The van der Waals surface area contributed by atoms with Crippen molar-refractivity contribution in [1.29, 1.82) is 0 Å². The molecule has 2 N–H and O–H groups in total. The summed E-state index contributed by atoms with van der Waals surface area (Å²) in [4.78, 5) is 17.2. The highest BCUT2D eigenvalue weighted by atomic mass is 32.1. The fraction of sp³-hybridized carbons (Fsp3) is 0.692. The van der Waals surface area contributed by atoms with Gasteiger partial charge in [-0.3, -0.25) is 10.1 Å². The number of aromatic nitrogens is 1. The van der Waals surface area contributed by atoms with Gasteiger partial charge in [0.2, 0.25) is 5.91 Å². The molecule has 0 saturated carbocycles. The van der Waals surface area contributed by atoms with Crippen molar-refractivity contribution >= 4 is 17.2 Å². The summed E-state index contributed by atoms with van der Waals surface area (Å²) in [6.07, 6.45) is 3.81. The maximum atomic E-state index is 11.7. The van der Waals surface area contributed by atoms with Gasteiger partial charge in [-0.2, -0.15) is 0 Å². The van der Waals surface area contributed by atoms with Gasteiger partial charge >= 0.3 is 0 Å². The monoisotopic (exact) mass is 269 g/mol. The molecule has 0 fully saturated rings. The van der Waals surface area contributed by atoms with E-state index in [0.717, 1.165) is 17.8 Å². The van der Waals surface area contributed by atoms with Crippen LogP contribution < -0.4 is 10.6 Å². The fourth-order valence-electron chi connectivity index (χ4n) is 1.68. The van der Waals surface area contributed by atoms with Crippen LogP contribution in [0.2, 0.25) is 0 Å². The zero-order chi connectivity index (χ0) is 13.5. The van der Waals surface area contributed by atoms with Crippen LogP contribution in [0, 0.1) is 6.92 Å². The third-order valence-electron chi connectivity index (χ3n) is 2.93. The molecular weight excluding hydrogens is 246 g/mol. The Bertz CT molecular complexity index is 374. The molecule has 4 nitrogen and oxygen atoms in total. The fourth-order valence-corrected chi connectivity index (χ4v) is 2.48. The normalized spacial score (nSPS) is 12.7. The van der Waals surface area contributed by atoms with E-state index in [4.69, 9.17) is 0 Å². The van der Waals surface area contributed by atoms with Crippen LogP contribution in [-0.4, -0.2) is 23.5 Å². The molecule has 0 aliphatic rings. The predicted octanol–water partition coefficient (Wildman–Crippen LogP) is 2.41. The quantitative estimate of drug-likeness (QED) is 0.799. The highest BCUT2D eigenvalue weighted by Gasteiger charge is 2.12. The summed E-state index contributed by atoms with van der Waals surface area (Å²) in [7, 11) is 0. The van der Waals surface area contributed by atoms with Gasteiger partial charge in [0.1, 0.15) is 5.01 Å². The van der Waals surface area contributed by atoms with E-state index >= 15 is 0 Å². The number of rotatable bonds is 7. The molecule has 1 rings (SSSR count). The molecule has 1 atom stereocenters. The molecule has 1 amide bonds. The Labute approximate surface area is 113 Å². The molecule has 0 spiro atoms. The number of hydrogen-bond acceptors (Lipinski definition) is 4. The topological polar surface area (TPSA) is 54.0 Å². The van der Waals surface area contributed by atoms with Crippen molar-refractivity contribution in [2.75, 3.05) is 6.54 Å². The first-order chi connectivity index (χ1) is 8.56. The summed E-state index contributed by atoms with van der Waals surface area (Å²) < 4.78 is 0. The molecule has 0 aliphatic carbocycles. The highest BCUT2D eigenvalue weighted by Crippen LogP contribution is 2.18. The third kappa shape index (κ3) is 4.74. The highest BCUT2D eigenvalue weighted by molar-refractivity contribution is 7.11. The van der Waals surface area contributed by atoms with Crippen LogP contribution >= 0.6 is 11.3 Å². The summed E-state index contributed by atoms with van der Waals surface area (Å²) in [6.45, 7) is 8.58. The van der Waals surface area contributed by atoms with E-state index in [1.165, 1.54) is 4.88 Å². The van der Waals surface area contributed by atoms with Gasteiger partial charge < -0.3 is 5.32 Å². The minimum Gasteiger partial charge on any atom is -0.352 e. The molecule has 0 aromatic carbocycles. The largest absolute Gasteiger partial charge is 0.352 e. The Kier molecular flexibility index (Phi) is 6.29. The lowest BCUT2D eigenvalue weighted by Gasteiger charge is -2.16. The molecule has 1 unspecified atom stereocenters. The van der Waals surface area contributed by atoms with Gasteiger partial charge in [-0.25, -0.2) is 4.98 Å². The summed E-state index contributed by atoms with van der Waals surface area (Å²) >= 11 is 1.67. The Hall–Kier alpha value is -0.940. The molecule has 0 saturated heterocycles. The average molecular weight is 269 g/mol. The van der Waals surface area contributed by atoms with E-state index < -0.39 is 0 Å². The number of nitrogens with one attached hydrogen (secondary N) is 2. The predicted molar refractivity (Wildman–Crippen MR) is 75.8 cm³/mol. The first kappa shape index (κ1) is 15.1. The van der Waals surface area contributed by atoms with E-state index in [9.17, 15) is 4.79 Å². The lowest BCUT2D eigenvalue weighted by atomic mass is 10.2. The number of thiazole rings is 1. The Morgan fingerprint density at radius 3 is 2.61 bits per heavy atom. The Balaban J connectivity index is 2.34. The zero-order valence-corrected chi connectivity index (χ0v) is 12.4. The lowest BCUT2D eigenvalue weighted by molar-refractivity contribution is -0.121. The second-order valence-corrected chi connectivity index (χ2v) is 5.76. The molecule has 18 heavy (non-hydrogen) atoms. The van der Waals surface area contributed by atoms with Gasteiger partial charge in [0.05, 0.1) is 12.6 Å². The maximum Gasteiger partial charge on any atom is 0.234 e. The standard InChI is InChI=1S/C13H23N3OS/c1-5-11(6-2)16-12(17)8-14-10(4)13-15-7-9(3)18-13/h7,10-11,14H,5-6,8H2,1-4H3,(H,16,17). The van der Waals surface area contributed by atoms with Crippen molar-refractivity contribution < 1.29 is 4.79 Å². The van der Waals surface area contributed by atoms with Crippen LogP contribution in [0.5, 0.6) is 0 Å². The number of amides is 1. The number of nitrogens with zero attached hydrogens (tertiary/aromatic N) is 1. The number of carbonyl (C=O) groups is 1. The van der Waals surface area contributed by atoms with Crippen molar-refractivity contribution in [2.24, 2.45) is 0 Å². The summed E-state index contributed by atoms with van der Waals surface area (Å²) in [5.74, 6) is 0.0591. The van der Waals surface area contributed by atoms with Crippen LogP contribution in [0.25, 0.3) is 0 Å². The second-order valence-electron chi connectivity index (χ2n) is 4.49. The van der Waals surface area contributed by atoms with E-state index in [0.29, 0.717) is 6.54 Å². The zero-order valence-electron chi connectivity index (χ0n) is 11.6. The van der Waals surface area contributed by atoms with E-state index in [1.54, 1.807) is 11.3 Å². The van der Waals surface area contributed by atoms with E-state index in [2.05, 4.69) is 29.5 Å². The maximum absolute atomic E-state index is 11.7. The van der Waals surface area contributed by atoms with Crippen molar-refractivity contribution in [3.05, 3.63) is 16.1 Å². The van der Waals surface area contributed by atoms with Crippen LogP contribution in [-0.2, 0) is 4.79 Å². The molecule has 1 aromatic heterocycles. The van der Waals surface area contributed by atoms with Gasteiger partial charge in [0, 0.05) is 17.1 Å². The first-order valence-corrected chi connectivity index (χ1v) is 7.33. The minimum absolute atomic E-state index is 0.0591. The number of aryl methyl sites for hydroxylation is 1. The van der Waals surface area contributed by atoms with Gasteiger partial charge in [-0.05, 0) is 26.7 Å². The van der Waals surface area contributed by atoms with Gasteiger partial charge in [-0.1, -0.05) is 13.8 Å². The lowest BCUT2D eigenvalue weighted by Crippen LogP contribution is -2.40. The van der Waals surface area contributed by atoms with Gasteiger partial charge in [0.25, 0.3) is 0 Å². The molecule has 102 valence electrons. The number of hydrogen-bond donors (Lipinski definition) is 2. The summed E-state index contributed by atoms with van der Waals surface area (Å²) in [5.41, 5.74) is 0. The average Bonchev–Trinajstić information content (AvgIpc) is 2.79. The summed E-state index contributed by atoms with van der Waals surface area (Å²) in [6, 6.07) is 0.410. The van der Waals surface area contributed by atoms with Crippen LogP contribution in [0.3, 0.4) is 0 Å². The Morgan fingerprint density at radius 2 is 2.11 bits per heavy atom. The Morgan fingerprint density at radius 1 is 1.44 bits per heavy atom. The first-order valence-electron chi connectivity index (χ1n) is 6.51. The number of carbonyl (C=O) groups excluding carboxylic acids is 1. The molecule has 0 aliphatic heterocycles.